The minimum atomic E-state index is -0.502. The Bertz CT molecular complexity index is 405. The summed E-state index contributed by atoms with van der Waals surface area (Å²) in [6.07, 6.45) is 3.71. The van der Waals surface area contributed by atoms with Crippen LogP contribution in [0.1, 0.15) is 31.7 Å². The molecule has 0 bridgehead atoms. The average Bonchev–Trinajstić information content (AvgIpc) is 2.21. The average molecular weight is 304 g/mol. The van der Waals surface area contributed by atoms with Crippen LogP contribution in [0.15, 0.2) is 16.6 Å². The third-order valence-corrected chi connectivity index (χ3v) is 4.21. The van der Waals surface area contributed by atoms with Gasteiger partial charge in [-0.1, -0.05) is 6.42 Å². The molecule has 17 heavy (non-hydrogen) atoms. The lowest BCUT2D eigenvalue weighted by atomic mass is 9.80. The van der Waals surface area contributed by atoms with E-state index in [9.17, 15) is 8.78 Å². The van der Waals surface area contributed by atoms with Gasteiger partial charge in [0.05, 0.1) is 4.47 Å². The maximum atomic E-state index is 13.7. The molecule has 0 radical (unpaired) electrons. The standard InChI is InChI=1S/C13H16BrF2N/c1-8(9-3-2-4-9)17-7-10-12(15)6-5-11(14)13(10)16/h5-6,8-9,17H,2-4,7H2,1H3. The van der Waals surface area contributed by atoms with Gasteiger partial charge in [-0.2, -0.15) is 0 Å². The Hall–Kier alpha value is -0.480. The molecule has 1 nitrogen and oxygen atoms in total. The van der Waals surface area contributed by atoms with Gasteiger partial charge >= 0.3 is 0 Å². The van der Waals surface area contributed by atoms with Gasteiger partial charge < -0.3 is 5.32 Å². The Morgan fingerprint density at radius 3 is 2.71 bits per heavy atom. The molecule has 0 amide bonds. The van der Waals surface area contributed by atoms with E-state index in [2.05, 4.69) is 28.2 Å². The molecule has 0 aliphatic heterocycles. The van der Waals surface area contributed by atoms with Crippen molar-refractivity contribution >= 4 is 15.9 Å². The fraction of sp³-hybridized carbons (Fsp3) is 0.538. The van der Waals surface area contributed by atoms with E-state index < -0.39 is 11.6 Å². The van der Waals surface area contributed by atoms with Gasteiger partial charge in [-0.05, 0) is 53.7 Å². The number of hydrogen-bond acceptors (Lipinski definition) is 1. The molecule has 0 aromatic heterocycles. The molecule has 1 unspecified atom stereocenters. The third kappa shape index (κ3) is 2.86. The summed E-state index contributed by atoms with van der Waals surface area (Å²) >= 11 is 3.07. The van der Waals surface area contributed by atoms with Crippen molar-refractivity contribution in [1.29, 1.82) is 0 Å². The van der Waals surface area contributed by atoms with Crippen LogP contribution >= 0.6 is 15.9 Å². The van der Waals surface area contributed by atoms with E-state index in [1.807, 2.05) is 0 Å². The highest BCUT2D eigenvalue weighted by Crippen LogP contribution is 2.29. The zero-order valence-corrected chi connectivity index (χ0v) is 11.4. The zero-order valence-electron chi connectivity index (χ0n) is 9.77. The van der Waals surface area contributed by atoms with Crippen LogP contribution in [0, 0.1) is 17.6 Å². The summed E-state index contributed by atoms with van der Waals surface area (Å²) in [7, 11) is 0. The van der Waals surface area contributed by atoms with E-state index in [1.165, 1.54) is 31.4 Å². The van der Waals surface area contributed by atoms with Gasteiger partial charge in [0.1, 0.15) is 11.6 Å². The molecule has 2 rings (SSSR count). The Kier molecular flexibility index (Phi) is 4.15. The Labute approximate surface area is 109 Å². The van der Waals surface area contributed by atoms with Crippen LogP contribution < -0.4 is 5.32 Å². The third-order valence-electron chi connectivity index (χ3n) is 3.60. The van der Waals surface area contributed by atoms with Gasteiger partial charge in [0, 0.05) is 18.2 Å². The first-order valence-electron chi connectivity index (χ1n) is 5.95. The van der Waals surface area contributed by atoms with Crippen LogP contribution in [-0.4, -0.2) is 6.04 Å². The van der Waals surface area contributed by atoms with Crippen LogP contribution in [0.5, 0.6) is 0 Å². The number of nitrogens with one attached hydrogen (secondary N) is 1. The molecule has 1 aromatic rings. The van der Waals surface area contributed by atoms with Crippen LogP contribution in [-0.2, 0) is 6.54 Å². The van der Waals surface area contributed by atoms with Crippen LogP contribution in [0.3, 0.4) is 0 Å². The molecule has 0 spiro atoms. The highest BCUT2D eigenvalue weighted by atomic mass is 79.9. The predicted octanol–water partition coefficient (Wildman–Crippen LogP) is 4.01. The van der Waals surface area contributed by atoms with Crippen molar-refractivity contribution in [2.75, 3.05) is 0 Å². The molecule has 4 heteroatoms. The van der Waals surface area contributed by atoms with Crippen molar-refractivity contribution < 1.29 is 8.78 Å². The van der Waals surface area contributed by atoms with E-state index in [0.29, 0.717) is 16.4 Å². The summed E-state index contributed by atoms with van der Waals surface area (Å²) in [5.41, 5.74) is 0.116. The number of rotatable bonds is 4. The second kappa shape index (κ2) is 5.44. The smallest absolute Gasteiger partial charge is 0.144 e. The number of hydrogen-bond donors (Lipinski definition) is 1. The Morgan fingerprint density at radius 2 is 2.12 bits per heavy atom. The molecule has 1 aromatic carbocycles. The second-order valence-corrected chi connectivity index (χ2v) is 5.54. The summed E-state index contributed by atoms with van der Waals surface area (Å²) in [5, 5.41) is 3.21. The van der Waals surface area contributed by atoms with Gasteiger partial charge in [-0.25, -0.2) is 8.78 Å². The first-order valence-corrected chi connectivity index (χ1v) is 6.74. The summed E-state index contributed by atoms with van der Waals surface area (Å²) in [5.74, 6) is -0.328. The number of halogens is 3. The number of benzene rings is 1. The Balaban J connectivity index is 2.00. The fourth-order valence-electron chi connectivity index (χ4n) is 2.10. The monoisotopic (exact) mass is 303 g/mol. The summed E-state index contributed by atoms with van der Waals surface area (Å²) in [4.78, 5) is 0. The lowest BCUT2D eigenvalue weighted by Gasteiger charge is -2.32. The Morgan fingerprint density at radius 1 is 1.41 bits per heavy atom. The molecule has 1 N–H and O–H groups in total. The van der Waals surface area contributed by atoms with Crippen molar-refractivity contribution in [3.05, 3.63) is 33.8 Å². The first-order chi connectivity index (χ1) is 8.09. The van der Waals surface area contributed by atoms with Gasteiger partial charge in [-0.3, -0.25) is 0 Å². The van der Waals surface area contributed by atoms with E-state index in [0.717, 1.165) is 0 Å². The predicted molar refractivity (Wildman–Crippen MR) is 67.7 cm³/mol. The topological polar surface area (TPSA) is 12.0 Å². The van der Waals surface area contributed by atoms with Gasteiger partial charge in [-0.15, -0.1) is 0 Å². The molecule has 1 aliphatic rings. The van der Waals surface area contributed by atoms with Crippen molar-refractivity contribution in [2.45, 2.75) is 38.8 Å². The summed E-state index contributed by atoms with van der Waals surface area (Å²) in [6.45, 7) is 2.33. The molecule has 1 atom stereocenters. The van der Waals surface area contributed by atoms with Gasteiger partial charge in [0.2, 0.25) is 0 Å². The highest BCUT2D eigenvalue weighted by molar-refractivity contribution is 9.10. The summed E-state index contributed by atoms with van der Waals surface area (Å²) < 4.78 is 27.5. The van der Waals surface area contributed by atoms with Crippen molar-refractivity contribution in [2.24, 2.45) is 5.92 Å². The van der Waals surface area contributed by atoms with Crippen LogP contribution in [0.2, 0.25) is 0 Å². The zero-order chi connectivity index (χ0) is 12.4. The molecule has 1 fully saturated rings. The van der Waals surface area contributed by atoms with E-state index in [-0.39, 0.29) is 12.1 Å². The molecule has 1 aliphatic carbocycles. The molecule has 0 saturated heterocycles. The van der Waals surface area contributed by atoms with E-state index in [4.69, 9.17) is 0 Å². The minimum Gasteiger partial charge on any atom is -0.310 e. The molecule has 0 heterocycles. The van der Waals surface area contributed by atoms with Crippen molar-refractivity contribution in [3.63, 3.8) is 0 Å². The molecule has 1 saturated carbocycles. The maximum absolute atomic E-state index is 13.7. The highest BCUT2D eigenvalue weighted by Gasteiger charge is 2.24. The van der Waals surface area contributed by atoms with E-state index in [1.54, 1.807) is 0 Å². The SMILES string of the molecule is CC(NCc1c(F)ccc(Br)c1F)C1CCC1. The van der Waals surface area contributed by atoms with Crippen LogP contribution in [0.25, 0.3) is 0 Å². The normalized spacial score (nSPS) is 17.9. The summed E-state index contributed by atoms with van der Waals surface area (Å²) in [6, 6.07) is 3.00. The quantitative estimate of drug-likeness (QED) is 0.829. The fourth-order valence-corrected chi connectivity index (χ4v) is 2.47. The first kappa shape index (κ1) is 13.0. The lowest BCUT2D eigenvalue weighted by molar-refractivity contribution is 0.239. The lowest BCUT2D eigenvalue weighted by Crippen LogP contribution is -2.37. The van der Waals surface area contributed by atoms with E-state index >= 15 is 0 Å². The van der Waals surface area contributed by atoms with Crippen LogP contribution in [0.4, 0.5) is 8.78 Å². The molecular weight excluding hydrogens is 288 g/mol. The largest absolute Gasteiger partial charge is 0.310 e. The van der Waals surface area contributed by atoms with Gasteiger partial charge in [0.25, 0.3) is 0 Å². The van der Waals surface area contributed by atoms with Gasteiger partial charge in [0.15, 0.2) is 0 Å². The minimum absolute atomic E-state index is 0.116. The molecule has 94 valence electrons. The second-order valence-electron chi connectivity index (χ2n) is 4.68. The molecular formula is C13H16BrF2N. The van der Waals surface area contributed by atoms with Crippen molar-refractivity contribution in [1.82, 2.24) is 5.32 Å². The van der Waals surface area contributed by atoms with Crippen molar-refractivity contribution in [3.8, 4) is 0 Å². The maximum Gasteiger partial charge on any atom is 0.144 e.